The van der Waals surface area contributed by atoms with Gasteiger partial charge in [0.1, 0.15) is 0 Å². The zero-order valence-electron chi connectivity index (χ0n) is 8.63. The third-order valence-corrected chi connectivity index (χ3v) is 2.81. The monoisotopic (exact) mass is 185 g/mol. The van der Waals surface area contributed by atoms with E-state index in [0.29, 0.717) is 13.0 Å². The molecule has 3 nitrogen and oxygen atoms in total. The Morgan fingerprint density at radius 1 is 1.69 bits per heavy atom. The molecule has 1 amide bonds. The Bertz CT molecular complexity index is 201. The van der Waals surface area contributed by atoms with E-state index in [9.17, 15) is 9.90 Å². The van der Waals surface area contributed by atoms with Crippen molar-refractivity contribution in [3.05, 3.63) is 0 Å². The maximum absolute atomic E-state index is 11.4. The highest BCUT2D eigenvalue weighted by Crippen LogP contribution is 2.51. The minimum Gasteiger partial charge on any atom is -0.391 e. The number of carbonyl (C=O) groups is 1. The molecule has 0 radical (unpaired) electrons. The van der Waals surface area contributed by atoms with Crippen molar-refractivity contribution >= 4 is 5.91 Å². The summed E-state index contributed by atoms with van der Waals surface area (Å²) in [5, 5.41) is 12.0. The van der Waals surface area contributed by atoms with Crippen LogP contribution in [0.15, 0.2) is 0 Å². The Balaban J connectivity index is 2.20. The molecule has 1 saturated carbocycles. The molecular weight excluding hydrogens is 166 g/mol. The third-order valence-electron chi connectivity index (χ3n) is 2.81. The maximum Gasteiger partial charge on any atom is 0.223 e. The largest absolute Gasteiger partial charge is 0.391 e. The summed E-state index contributed by atoms with van der Waals surface area (Å²) in [6, 6.07) is 0. The standard InChI is InChI=1S/C10H19NO2/c1-4-7(12)6-11-9(13)8-5-10(8,2)3/h7-8,12H,4-6H2,1-3H3,(H,11,13). The van der Waals surface area contributed by atoms with Gasteiger partial charge in [-0.2, -0.15) is 0 Å². The molecule has 0 aliphatic heterocycles. The molecule has 0 aromatic heterocycles. The van der Waals surface area contributed by atoms with Gasteiger partial charge >= 0.3 is 0 Å². The molecule has 0 spiro atoms. The molecule has 2 atom stereocenters. The summed E-state index contributed by atoms with van der Waals surface area (Å²) >= 11 is 0. The quantitative estimate of drug-likeness (QED) is 0.684. The Hall–Kier alpha value is -0.570. The Kier molecular flexibility index (Phi) is 2.96. The average Bonchev–Trinajstić information content (AvgIpc) is 2.70. The second-order valence-electron chi connectivity index (χ2n) is 4.55. The van der Waals surface area contributed by atoms with Crippen LogP contribution in [0.5, 0.6) is 0 Å². The van der Waals surface area contributed by atoms with Gasteiger partial charge in [0.05, 0.1) is 6.10 Å². The van der Waals surface area contributed by atoms with Crippen molar-refractivity contribution < 1.29 is 9.90 Å². The number of aliphatic hydroxyl groups excluding tert-OH is 1. The third kappa shape index (κ3) is 2.69. The predicted octanol–water partition coefficient (Wildman–Crippen LogP) is 0.920. The molecule has 3 heteroatoms. The zero-order chi connectivity index (χ0) is 10.1. The van der Waals surface area contributed by atoms with Crippen LogP contribution in [0.3, 0.4) is 0 Å². The van der Waals surface area contributed by atoms with E-state index in [1.165, 1.54) is 0 Å². The van der Waals surface area contributed by atoms with Gasteiger partial charge in [-0.25, -0.2) is 0 Å². The molecule has 0 aromatic carbocycles. The first kappa shape index (κ1) is 10.5. The van der Waals surface area contributed by atoms with Crippen molar-refractivity contribution in [1.29, 1.82) is 0 Å². The Morgan fingerprint density at radius 2 is 2.23 bits per heavy atom. The fraction of sp³-hybridized carbons (Fsp3) is 0.900. The SMILES string of the molecule is CCC(O)CNC(=O)C1CC1(C)C. The van der Waals surface area contributed by atoms with Gasteiger partial charge in [0.2, 0.25) is 5.91 Å². The van der Waals surface area contributed by atoms with E-state index in [-0.39, 0.29) is 17.2 Å². The number of amides is 1. The molecule has 0 saturated heterocycles. The minimum absolute atomic E-state index is 0.0949. The molecule has 2 unspecified atom stereocenters. The molecule has 1 aliphatic carbocycles. The Morgan fingerprint density at radius 3 is 2.62 bits per heavy atom. The lowest BCUT2D eigenvalue weighted by Crippen LogP contribution is -2.33. The topological polar surface area (TPSA) is 49.3 Å². The number of hydrogen-bond donors (Lipinski definition) is 2. The van der Waals surface area contributed by atoms with Gasteiger partial charge < -0.3 is 10.4 Å². The fourth-order valence-corrected chi connectivity index (χ4v) is 1.40. The lowest BCUT2D eigenvalue weighted by atomic mass is 10.1. The molecule has 0 bridgehead atoms. The number of hydrogen-bond acceptors (Lipinski definition) is 2. The van der Waals surface area contributed by atoms with Crippen molar-refractivity contribution in [2.75, 3.05) is 6.54 Å². The van der Waals surface area contributed by atoms with E-state index in [0.717, 1.165) is 6.42 Å². The number of aliphatic hydroxyl groups is 1. The van der Waals surface area contributed by atoms with Crippen LogP contribution in [0.1, 0.15) is 33.6 Å². The van der Waals surface area contributed by atoms with Crippen molar-refractivity contribution in [2.45, 2.75) is 39.7 Å². The van der Waals surface area contributed by atoms with Gasteiger partial charge in [-0.3, -0.25) is 4.79 Å². The summed E-state index contributed by atoms with van der Waals surface area (Å²) in [4.78, 5) is 11.4. The van der Waals surface area contributed by atoms with E-state index >= 15 is 0 Å². The van der Waals surface area contributed by atoms with Crippen molar-refractivity contribution in [3.8, 4) is 0 Å². The summed E-state index contributed by atoms with van der Waals surface area (Å²) in [5.74, 6) is 0.258. The highest BCUT2D eigenvalue weighted by atomic mass is 16.3. The maximum atomic E-state index is 11.4. The first-order chi connectivity index (χ1) is 5.97. The van der Waals surface area contributed by atoms with Gasteiger partial charge in [-0.05, 0) is 18.3 Å². The molecule has 1 fully saturated rings. The molecule has 76 valence electrons. The van der Waals surface area contributed by atoms with Crippen LogP contribution in [0.2, 0.25) is 0 Å². The van der Waals surface area contributed by atoms with E-state index in [1.807, 2.05) is 6.92 Å². The van der Waals surface area contributed by atoms with Crippen LogP contribution < -0.4 is 5.32 Å². The molecular formula is C10H19NO2. The second-order valence-corrected chi connectivity index (χ2v) is 4.55. The van der Waals surface area contributed by atoms with Crippen molar-refractivity contribution in [3.63, 3.8) is 0 Å². The van der Waals surface area contributed by atoms with Gasteiger partial charge in [0, 0.05) is 12.5 Å². The summed E-state index contributed by atoms with van der Waals surface area (Å²) in [7, 11) is 0. The number of nitrogens with one attached hydrogen (secondary N) is 1. The molecule has 0 heterocycles. The molecule has 1 aliphatic rings. The van der Waals surface area contributed by atoms with Crippen LogP contribution in [-0.4, -0.2) is 23.7 Å². The molecule has 13 heavy (non-hydrogen) atoms. The summed E-state index contributed by atoms with van der Waals surface area (Å²) < 4.78 is 0. The van der Waals surface area contributed by atoms with Crippen LogP contribution in [0, 0.1) is 11.3 Å². The van der Waals surface area contributed by atoms with Crippen LogP contribution in [0.25, 0.3) is 0 Å². The average molecular weight is 185 g/mol. The highest BCUT2D eigenvalue weighted by Gasteiger charge is 2.50. The first-order valence-electron chi connectivity index (χ1n) is 4.93. The summed E-state index contributed by atoms with van der Waals surface area (Å²) in [5.41, 5.74) is 0.182. The minimum atomic E-state index is -0.397. The molecule has 0 aromatic rings. The Labute approximate surface area is 79.5 Å². The van der Waals surface area contributed by atoms with Crippen LogP contribution >= 0.6 is 0 Å². The van der Waals surface area contributed by atoms with E-state index in [2.05, 4.69) is 19.2 Å². The van der Waals surface area contributed by atoms with Crippen LogP contribution in [-0.2, 0) is 4.79 Å². The lowest BCUT2D eigenvalue weighted by molar-refractivity contribution is -0.123. The van der Waals surface area contributed by atoms with E-state index < -0.39 is 6.10 Å². The normalized spacial score (nSPS) is 26.6. The van der Waals surface area contributed by atoms with Gasteiger partial charge in [-0.1, -0.05) is 20.8 Å². The van der Waals surface area contributed by atoms with Crippen LogP contribution in [0.4, 0.5) is 0 Å². The first-order valence-corrected chi connectivity index (χ1v) is 4.93. The van der Waals surface area contributed by atoms with Gasteiger partial charge in [0.15, 0.2) is 0 Å². The lowest BCUT2D eigenvalue weighted by Gasteiger charge is -2.09. The van der Waals surface area contributed by atoms with E-state index in [1.54, 1.807) is 0 Å². The smallest absolute Gasteiger partial charge is 0.223 e. The predicted molar refractivity (Wildman–Crippen MR) is 51.2 cm³/mol. The number of carbonyl (C=O) groups excluding carboxylic acids is 1. The highest BCUT2D eigenvalue weighted by molar-refractivity contribution is 5.82. The summed E-state index contributed by atoms with van der Waals surface area (Å²) in [6.07, 6.45) is 1.26. The number of rotatable bonds is 4. The zero-order valence-corrected chi connectivity index (χ0v) is 8.63. The van der Waals surface area contributed by atoms with Gasteiger partial charge in [0.25, 0.3) is 0 Å². The van der Waals surface area contributed by atoms with Gasteiger partial charge in [-0.15, -0.1) is 0 Å². The van der Waals surface area contributed by atoms with E-state index in [4.69, 9.17) is 0 Å². The van der Waals surface area contributed by atoms with Crippen molar-refractivity contribution in [1.82, 2.24) is 5.32 Å². The summed E-state index contributed by atoms with van der Waals surface area (Å²) in [6.45, 7) is 6.47. The second kappa shape index (κ2) is 3.66. The molecule has 1 rings (SSSR count). The van der Waals surface area contributed by atoms with Crippen molar-refractivity contribution in [2.24, 2.45) is 11.3 Å². The fourth-order valence-electron chi connectivity index (χ4n) is 1.40. The molecule has 2 N–H and O–H groups in total.